The van der Waals surface area contributed by atoms with Crippen LogP contribution in [0.15, 0.2) is 54.6 Å². The van der Waals surface area contributed by atoms with E-state index in [0.29, 0.717) is 6.04 Å². The van der Waals surface area contributed by atoms with Crippen molar-refractivity contribution < 1.29 is 0 Å². The Labute approximate surface area is 120 Å². The van der Waals surface area contributed by atoms with E-state index in [1.54, 1.807) is 0 Å². The Kier molecular flexibility index (Phi) is 5.44. The summed E-state index contributed by atoms with van der Waals surface area (Å²) in [6, 6.07) is 19.1. The smallest absolute Gasteiger partial charge is 0.0450 e. The molecule has 2 heteroatoms. The second kappa shape index (κ2) is 7.32. The van der Waals surface area contributed by atoms with Crippen molar-refractivity contribution in [3.8, 4) is 0 Å². The van der Waals surface area contributed by atoms with Crippen molar-refractivity contribution in [1.29, 1.82) is 0 Å². The first-order valence-electron chi connectivity index (χ1n) is 6.76. The van der Waals surface area contributed by atoms with Crippen molar-refractivity contribution in [2.75, 3.05) is 0 Å². The largest absolute Gasteiger partial charge is 0.310 e. The van der Waals surface area contributed by atoms with Crippen LogP contribution in [0.5, 0.6) is 0 Å². The maximum atomic E-state index is 6.14. The van der Waals surface area contributed by atoms with E-state index in [-0.39, 0.29) is 0 Å². The summed E-state index contributed by atoms with van der Waals surface area (Å²) in [5.41, 5.74) is 2.56. The number of hydrogen-bond donors (Lipinski definition) is 1. The van der Waals surface area contributed by atoms with Crippen LogP contribution >= 0.6 is 11.6 Å². The molecule has 0 aliphatic heterocycles. The molecule has 2 aromatic carbocycles. The van der Waals surface area contributed by atoms with Crippen LogP contribution in [0.1, 0.15) is 24.5 Å². The molecule has 0 amide bonds. The van der Waals surface area contributed by atoms with Gasteiger partial charge in [-0.25, -0.2) is 0 Å². The number of hydrogen-bond acceptors (Lipinski definition) is 1. The summed E-state index contributed by atoms with van der Waals surface area (Å²) in [4.78, 5) is 0. The molecule has 2 aromatic rings. The van der Waals surface area contributed by atoms with Gasteiger partial charge < -0.3 is 5.32 Å². The third kappa shape index (κ3) is 4.70. The van der Waals surface area contributed by atoms with Gasteiger partial charge in [-0.15, -0.1) is 0 Å². The molecule has 2 rings (SSSR count). The van der Waals surface area contributed by atoms with Gasteiger partial charge in [0.25, 0.3) is 0 Å². The molecule has 0 aliphatic carbocycles. The van der Waals surface area contributed by atoms with Crippen LogP contribution < -0.4 is 5.32 Å². The predicted molar refractivity (Wildman–Crippen MR) is 82.5 cm³/mol. The first-order valence-corrected chi connectivity index (χ1v) is 7.14. The first kappa shape index (κ1) is 14.1. The SMILES string of the molecule is C[C@H](CCc1ccccc1)NCc1ccccc1Cl. The standard InChI is InChI=1S/C17H20ClN/c1-14(11-12-15-7-3-2-4-8-15)19-13-16-9-5-6-10-17(16)18/h2-10,14,19H,11-13H2,1H3/t14-/m1/s1. The van der Waals surface area contributed by atoms with Crippen LogP contribution in [0.25, 0.3) is 0 Å². The Hall–Kier alpha value is -1.31. The Bertz CT molecular complexity index is 496. The zero-order valence-corrected chi connectivity index (χ0v) is 12.0. The lowest BCUT2D eigenvalue weighted by Crippen LogP contribution is -2.26. The highest BCUT2D eigenvalue weighted by Gasteiger charge is 2.04. The molecule has 0 aliphatic rings. The Balaban J connectivity index is 1.76. The molecule has 0 spiro atoms. The summed E-state index contributed by atoms with van der Waals surface area (Å²) in [5.74, 6) is 0. The van der Waals surface area contributed by atoms with Gasteiger partial charge in [-0.05, 0) is 37.0 Å². The van der Waals surface area contributed by atoms with Gasteiger partial charge in [-0.1, -0.05) is 60.1 Å². The Morgan fingerprint density at radius 3 is 2.42 bits per heavy atom. The molecule has 0 heterocycles. The van der Waals surface area contributed by atoms with E-state index in [1.165, 1.54) is 5.56 Å². The average molecular weight is 274 g/mol. The number of halogens is 1. The Morgan fingerprint density at radius 1 is 1.00 bits per heavy atom. The summed E-state index contributed by atoms with van der Waals surface area (Å²) in [6.07, 6.45) is 2.24. The maximum Gasteiger partial charge on any atom is 0.0450 e. The van der Waals surface area contributed by atoms with Crippen molar-refractivity contribution in [1.82, 2.24) is 5.32 Å². The van der Waals surface area contributed by atoms with E-state index in [0.717, 1.165) is 30.0 Å². The van der Waals surface area contributed by atoms with Crippen molar-refractivity contribution in [2.24, 2.45) is 0 Å². The van der Waals surface area contributed by atoms with E-state index in [1.807, 2.05) is 18.2 Å². The minimum Gasteiger partial charge on any atom is -0.310 e. The van der Waals surface area contributed by atoms with E-state index >= 15 is 0 Å². The highest BCUT2D eigenvalue weighted by atomic mass is 35.5. The normalized spacial score (nSPS) is 12.3. The number of nitrogens with one attached hydrogen (secondary N) is 1. The molecular formula is C17H20ClN. The number of benzene rings is 2. The second-order valence-electron chi connectivity index (χ2n) is 4.90. The van der Waals surface area contributed by atoms with Crippen molar-refractivity contribution in [3.63, 3.8) is 0 Å². The molecule has 0 unspecified atom stereocenters. The zero-order chi connectivity index (χ0) is 13.5. The molecule has 1 N–H and O–H groups in total. The molecule has 0 fully saturated rings. The van der Waals surface area contributed by atoms with E-state index < -0.39 is 0 Å². The minimum absolute atomic E-state index is 0.483. The summed E-state index contributed by atoms with van der Waals surface area (Å²) in [5, 5.41) is 4.36. The van der Waals surface area contributed by atoms with Crippen LogP contribution in [0.2, 0.25) is 5.02 Å². The van der Waals surface area contributed by atoms with Gasteiger partial charge in [-0.2, -0.15) is 0 Å². The fourth-order valence-corrected chi connectivity index (χ4v) is 2.26. The summed E-state index contributed by atoms with van der Waals surface area (Å²) < 4.78 is 0. The molecule has 1 atom stereocenters. The van der Waals surface area contributed by atoms with Gasteiger partial charge in [0.05, 0.1) is 0 Å². The molecule has 0 radical (unpaired) electrons. The topological polar surface area (TPSA) is 12.0 Å². The lowest BCUT2D eigenvalue weighted by atomic mass is 10.1. The third-order valence-corrected chi connectivity index (χ3v) is 3.68. The molecule has 1 nitrogen and oxygen atoms in total. The van der Waals surface area contributed by atoms with Gasteiger partial charge in [0.15, 0.2) is 0 Å². The van der Waals surface area contributed by atoms with E-state index in [4.69, 9.17) is 11.6 Å². The summed E-state index contributed by atoms with van der Waals surface area (Å²) in [6.45, 7) is 3.05. The van der Waals surface area contributed by atoms with Gasteiger partial charge in [0, 0.05) is 17.6 Å². The molecular weight excluding hydrogens is 254 g/mol. The zero-order valence-electron chi connectivity index (χ0n) is 11.3. The van der Waals surface area contributed by atoms with Crippen LogP contribution in [-0.2, 0) is 13.0 Å². The third-order valence-electron chi connectivity index (χ3n) is 3.31. The monoisotopic (exact) mass is 273 g/mol. The first-order chi connectivity index (χ1) is 9.25. The average Bonchev–Trinajstić information content (AvgIpc) is 2.45. The molecule has 0 saturated carbocycles. The number of aryl methyl sites for hydroxylation is 1. The second-order valence-corrected chi connectivity index (χ2v) is 5.30. The molecule has 19 heavy (non-hydrogen) atoms. The van der Waals surface area contributed by atoms with E-state index in [9.17, 15) is 0 Å². The summed E-state index contributed by atoms with van der Waals surface area (Å²) in [7, 11) is 0. The minimum atomic E-state index is 0.483. The Morgan fingerprint density at radius 2 is 1.68 bits per heavy atom. The molecule has 100 valence electrons. The highest BCUT2D eigenvalue weighted by molar-refractivity contribution is 6.31. The van der Waals surface area contributed by atoms with Crippen molar-refractivity contribution in [2.45, 2.75) is 32.4 Å². The fraction of sp³-hybridized carbons (Fsp3) is 0.294. The van der Waals surface area contributed by atoms with Crippen LogP contribution in [0.4, 0.5) is 0 Å². The van der Waals surface area contributed by atoms with Gasteiger partial charge in [-0.3, -0.25) is 0 Å². The highest BCUT2D eigenvalue weighted by Crippen LogP contribution is 2.15. The van der Waals surface area contributed by atoms with Crippen LogP contribution in [0.3, 0.4) is 0 Å². The lowest BCUT2D eigenvalue weighted by Gasteiger charge is -2.14. The predicted octanol–water partition coefficient (Wildman–Crippen LogP) is 4.45. The lowest BCUT2D eigenvalue weighted by molar-refractivity contribution is 0.514. The van der Waals surface area contributed by atoms with E-state index in [2.05, 4.69) is 48.6 Å². The number of rotatable bonds is 6. The maximum absolute atomic E-state index is 6.14. The molecule has 0 saturated heterocycles. The van der Waals surface area contributed by atoms with Gasteiger partial charge in [0.1, 0.15) is 0 Å². The van der Waals surface area contributed by atoms with Gasteiger partial charge in [0.2, 0.25) is 0 Å². The van der Waals surface area contributed by atoms with Crippen LogP contribution in [0, 0.1) is 0 Å². The van der Waals surface area contributed by atoms with Crippen LogP contribution in [-0.4, -0.2) is 6.04 Å². The molecule has 0 bridgehead atoms. The van der Waals surface area contributed by atoms with Gasteiger partial charge >= 0.3 is 0 Å². The fourth-order valence-electron chi connectivity index (χ4n) is 2.06. The summed E-state index contributed by atoms with van der Waals surface area (Å²) >= 11 is 6.14. The quantitative estimate of drug-likeness (QED) is 0.820. The molecule has 0 aromatic heterocycles. The van der Waals surface area contributed by atoms with Crippen molar-refractivity contribution >= 4 is 11.6 Å². The van der Waals surface area contributed by atoms with Crippen molar-refractivity contribution in [3.05, 3.63) is 70.7 Å².